The molecule has 0 bridgehead atoms. The van der Waals surface area contributed by atoms with Crippen molar-refractivity contribution in [1.29, 1.82) is 0 Å². The molecule has 0 aromatic carbocycles. The van der Waals surface area contributed by atoms with Gasteiger partial charge in [0.15, 0.2) is 0 Å². The number of rotatable bonds is 3. The molecule has 68 valence electrons. The first-order valence-corrected chi connectivity index (χ1v) is 5.18. The molecule has 12 heavy (non-hydrogen) atoms. The summed E-state index contributed by atoms with van der Waals surface area (Å²) in [5, 5.41) is 4.24. The lowest BCUT2D eigenvalue weighted by Gasteiger charge is -1.99. The van der Waals surface area contributed by atoms with Gasteiger partial charge in [-0.1, -0.05) is 6.92 Å². The van der Waals surface area contributed by atoms with Crippen LogP contribution >= 0.6 is 11.8 Å². The number of nitrogens with two attached hydrogens (primary N) is 1. The maximum Gasteiger partial charge on any atom is 0.125 e. The van der Waals surface area contributed by atoms with Crippen molar-refractivity contribution in [2.75, 3.05) is 11.5 Å². The van der Waals surface area contributed by atoms with Gasteiger partial charge in [0.2, 0.25) is 0 Å². The van der Waals surface area contributed by atoms with Gasteiger partial charge >= 0.3 is 0 Å². The van der Waals surface area contributed by atoms with E-state index < -0.39 is 0 Å². The second-order valence-electron chi connectivity index (χ2n) is 2.71. The third kappa shape index (κ3) is 1.75. The van der Waals surface area contributed by atoms with Crippen LogP contribution < -0.4 is 5.73 Å². The zero-order chi connectivity index (χ0) is 9.14. The van der Waals surface area contributed by atoms with Gasteiger partial charge in [-0.15, -0.1) is 0 Å². The Kier molecular flexibility index (Phi) is 3.03. The van der Waals surface area contributed by atoms with Crippen LogP contribution in [0.5, 0.6) is 0 Å². The summed E-state index contributed by atoms with van der Waals surface area (Å²) in [6.07, 6.45) is 0. The Morgan fingerprint density at radius 2 is 2.25 bits per heavy atom. The van der Waals surface area contributed by atoms with Gasteiger partial charge < -0.3 is 5.73 Å². The average molecular weight is 185 g/mol. The minimum Gasteiger partial charge on any atom is -0.384 e. The van der Waals surface area contributed by atoms with Crippen molar-refractivity contribution in [3.63, 3.8) is 0 Å². The van der Waals surface area contributed by atoms with E-state index in [4.69, 9.17) is 5.73 Å². The maximum absolute atomic E-state index is 5.83. The highest BCUT2D eigenvalue weighted by Gasteiger charge is 2.08. The van der Waals surface area contributed by atoms with Gasteiger partial charge in [0.05, 0.1) is 5.69 Å². The molecule has 0 amide bonds. The van der Waals surface area contributed by atoms with Crippen LogP contribution in [0.1, 0.15) is 18.2 Å². The Labute approximate surface area is 77.3 Å². The summed E-state index contributed by atoms with van der Waals surface area (Å²) in [4.78, 5) is 0. The average Bonchev–Trinajstić information content (AvgIpc) is 2.25. The molecule has 3 nitrogen and oxygen atoms in total. The fraction of sp³-hybridized carbons (Fsp3) is 0.625. The van der Waals surface area contributed by atoms with Crippen molar-refractivity contribution < 1.29 is 0 Å². The summed E-state index contributed by atoms with van der Waals surface area (Å²) in [6, 6.07) is 0. The van der Waals surface area contributed by atoms with E-state index >= 15 is 0 Å². The zero-order valence-corrected chi connectivity index (χ0v) is 8.61. The van der Waals surface area contributed by atoms with Crippen LogP contribution in [-0.4, -0.2) is 15.5 Å². The molecule has 0 spiro atoms. The Morgan fingerprint density at radius 1 is 1.58 bits per heavy atom. The zero-order valence-electron chi connectivity index (χ0n) is 7.79. The SMILES string of the molecule is CCSCc1c(C)nn(C)c1N. The number of anilines is 1. The second-order valence-corrected chi connectivity index (χ2v) is 3.98. The predicted molar refractivity (Wildman–Crippen MR) is 54.2 cm³/mol. The molecule has 2 N–H and O–H groups in total. The molecular weight excluding hydrogens is 170 g/mol. The van der Waals surface area contributed by atoms with Crippen molar-refractivity contribution in [2.45, 2.75) is 19.6 Å². The highest BCUT2D eigenvalue weighted by Crippen LogP contribution is 2.20. The second kappa shape index (κ2) is 3.85. The van der Waals surface area contributed by atoms with Gasteiger partial charge in [0.1, 0.15) is 5.82 Å². The molecule has 0 fully saturated rings. The predicted octanol–water partition coefficient (Wildman–Crippen LogP) is 1.56. The van der Waals surface area contributed by atoms with E-state index in [-0.39, 0.29) is 0 Å². The van der Waals surface area contributed by atoms with Gasteiger partial charge in [-0.25, -0.2) is 0 Å². The summed E-state index contributed by atoms with van der Waals surface area (Å²) >= 11 is 1.87. The lowest BCUT2D eigenvalue weighted by Crippen LogP contribution is -1.98. The van der Waals surface area contributed by atoms with Gasteiger partial charge in [0.25, 0.3) is 0 Å². The highest BCUT2D eigenvalue weighted by molar-refractivity contribution is 7.98. The topological polar surface area (TPSA) is 43.8 Å². The van der Waals surface area contributed by atoms with Gasteiger partial charge in [-0.2, -0.15) is 16.9 Å². The molecule has 1 aromatic rings. The molecule has 0 atom stereocenters. The van der Waals surface area contributed by atoms with E-state index in [0.717, 1.165) is 23.0 Å². The number of aromatic nitrogens is 2. The number of nitrogens with zero attached hydrogens (tertiary/aromatic N) is 2. The van der Waals surface area contributed by atoms with E-state index in [1.807, 2.05) is 25.7 Å². The van der Waals surface area contributed by atoms with Crippen LogP contribution in [0.4, 0.5) is 5.82 Å². The quantitative estimate of drug-likeness (QED) is 0.777. The van der Waals surface area contributed by atoms with Gasteiger partial charge in [-0.05, 0) is 12.7 Å². The Bertz CT molecular complexity index is 268. The van der Waals surface area contributed by atoms with Gasteiger partial charge in [0, 0.05) is 18.4 Å². The number of nitrogen functional groups attached to an aromatic ring is 1. The summed E-state index contributed by atoms with van der Waals surface area (Å²) in [5.74, 6) is 2.89. The fourth-order valence-corrected chi connectivity index (χ4v) is 1.87. The van der Waals surface area contributed by atoms with Crippen LogP contribution in [0.15, 0.2) is 0 Å². The van der Waals surface area contributed by atoms with E-state index in [9.17, 15) is 0 Å². The standard InChI is InChI=1S/C8H15N3S/c1-4-12-5-7-6(2)10-11(3)8(7)9/h4-5,9H2,1-3H3. The number of thioether (sulfide) groups is 1. The third-order valence-corrected chi connectivity index (χ3v) is 2.75. The minimum atomic E-state index is 0.799. The number of aryl methyl sites for hydroxylation is 2. The smallest absolute Gasteiger partial charge is 0.125 e. The molecule has 0 saturated heterocycles. The van der Waals surface area contributed by atoms with Crippen molar-refractivity contribution in [3.8, 4) is 0 Å². The van der Waals surface area contributed by atoms with Crippen LogP contribution in [0.2, 0.25) is 0 Å². The third-order valence-electron chi connectivity index (χ3n) is 1.85. The molecule has 1 aromatic heterocycles. The monoisotopic (exact) mass is 185 g/mol. The molecule has 1 rings (SSSR count). The first kappa shape index (κ1) is 9.45. The fourth-order valence-electron chi connectivity index (χ4n) is 1.10. The molecule has 0 aliphatic rings. The van der Waals surface area contributed by atoms with Gasteiger partial charge in [-0.3, -0.25) is 4.68 Å². The van der Waals surface area contributed by atoms with Crippen molar-refractivity contribution in [3.05, 3.63) is 11.3 Å². The lowest BCUT2D eigenvalue weighted by atomic mass is 10.3. The molecule has 4 heteroatoms. The van der Waals surface area contributed by atoms with E-state index in [1.165, 1.54) is 5.56 Å². The van der Waals surface area contributed by atoms with E-state index in [0.29, 0.717) is 0 Å². The van der Waals surface area contributed by atoms with Crippen LogP contribution in [-0.2, 0) is 12.8 Å². The van der Waals surface area contributed by atoms with E-state index in [2.05, 4.69) is 12.0 Å². The first-order chi connectivity index (χ1) is 5.66. The lowest BCUT2D eigenvalue weighted by molar-refractivity contribution is 0.767. The number of hydrogen-bond acceptors (Lipinski definition) is 3. The summed E-state index contributed by atoms with van der Waals surface area (Å²) < 4.78 is 1.74. The van der Waals surface area contributed by atoms with Crippen LogP contribution in [0, 0.1) is 6.92 Å². The highest BCUT2D eigenvalue weighted by atomic mass is 32.2. The van der Waals surface area contributed by atoms with E-state index in [1.54, 1.807) is 4.68 Å². The molecule has 1 heterocycles. The molecule has 0 radical (unpaired) electrons. The minimum absolute atomic E-state index is 0.799. The van der Waals surface area contributed by atoms with Crippen molar-refractivity contribution in [2.24, 2.45) is 7.05 Å². The maximum atomic E-state index is 5.83. The van der Waals surface area contributed by atoms with Crippen molar-refractivity contribution in [1.82, 2.24) is 9.78 Å². The normalized spacial score (nSPS) is 10.6. The largest absolute Gasteiger partial charge is 0.384 e. The van der Waals surface area contributed by atoms with Crippen LogP contribution in [0.3, 0.4) is 0 Å². The summed E-state index contributed by atoms with van der Waals surface area (Å²) in [6.45, 7) is 4.15. The number of hydrogen-bond donors (Lipinski definition) is 1. The summed E-state index contributed by atoms with van der Waals surface area (Å²) in [7, 11) is 1.88. The molecule has 0 aliphatic heterocycles. The molecule has 0 aliphatic carbocycles. The van der Waals surface area contributed by atoms with Crippen molar-refractivity contribution >= 4 is 17.6 Å². The Morgan fingerprint density at radius 3 is 2.67 bits per heavy atom. The molecule has 0 saturated carbocycles. The summed E-state index contributed by atoms with van der Waals surface area (Å²) in [5.41, 5.74) is 8.07. The molecular formula is C8H15N3S. The Balaban J connectivity index is 2.82. The Hall–Kier alpha value is -0.640. The first-order valence-electron chi connectivity index (χ1n) is 4.02. The molecule has 0 unspecified atom stereocenters. The van der Waals surface area contributed by atoms with Crippen LogP contribution in [0.25, 0.3) is 0 Å².